The van der Waals surface area contributed by atoms with Gasteiger partial charge in [-0.2, -0.15) is 0 Å². The van der Waals surface area contributed by atoms with Crippen LogP contribution in [0.4, 0.5) is 5.69 Å². The van der Waals surface area contributed by atoms with E-state index in [1.165, 1.54) is 26.4 Å². The van der Waals surface area contributed by atoms with Gasteiger partial charge in [0.25, 0.3) is 11.8 Å². The molecule has 2 amide bonds. The van der Waals surface area contributed by atoms with Crippen molar-refractivity contribution in [1.29, 1.82) is 0 Å². The molecule has 1 aliphatic carbocycles. The zero-order valence-corrected chi connectivity index (χ0v) is 16.0. The van der Waals surface area contributed by atoms with Gasteiger partial charge in [0.05, 0.1) is 18.1 Å². The Hall–Kier alpha value is -3.55. The maximum Gasteiger partial charge on any atom is 0.255 e. The number of rotatable bonds is 7. The van der Waals surface area contributed by atoms with Gasteiger partial charge in [0, 0.05) is 17.2 Å². The number of benzene rings is 2. The number of fused-ring (bicyclic) bond motifs is 1. The normalized spacial score (nSPS) is 13.7. The van der Waals surface area contributed by atoms with Crippen molar-refractivity contribution in [2.45, 2.75) is 25.2 Å². The van der Waals surface area contributed by atoms with Crippen LogP contribution in [0, 0.1) is 0 Å². The molecular formula is C21H22N4O4. The van der Waals surface area contributed by atoms with Crippen LogP contribution in [-0.4, -0.2) is 35.5 Å². The van der Waals surface area contributed by atoms with Gasteiger partial charge in [-0.05, 0) is 49.2 Å². The Labute approximate surface area is 167 Å². The molecule has 4 N–H and O–H groups in total. The molecule has 150 valence electrons. The van der Waals surface area contributed by atoms with Gasteiger partial charge < -0.3 is 25.5 Å². The van der Waals surface area contributed by atoms with Crippen LogP contribution in [0.3, 0.4) is 0 Å². The lowest BCUT2D eigenvalue weighted by Gasteiger charge is -2.22. The summed E-state index contributed by atoms with van der Waals surface area (Å²) in [5.41, 5.74) is 7.94. The molecule has 0 spiro atoms. The Balaban J connectivity index is 1.50. The fourth-order valence-corrected chi connectivity index (χ4v) is 3.26. The number of amides is 2. The lowest BCUT2D eigenvalue weighted by molar-refractivity contribution is -0.119. The molecular weight excluding hydrogens is 372 g/mol. The fraction of sp³-hybridized carbons (Fsp3) is 0.286. The van der Waals surface area contributed by atoms with Gasteiger partial charge in [0.1, 0.15) is 5.82 Å². The lowest BCUT2D eigenvalue weighted by Crippen LogP contribution is -2.20. The average molecular weight is 394 g/mol. The summed E-state index contributed by atoms with van der Waals surface area (Å²) in [4.78, 5) is 31.6. The standard InChI is InChI=1S/C21H22N4O4/c1-28-18-9-13(5-8-17(18)29-11-19(22)26)21(27)23-14-6-7-15-16(10-14)25-20(24-15)12-3-2-4-12/h5-10,12H,2-4,11H2,1H3,(H2,22,26)(H,23,27)(H,24,25). The third-order valence-electron chi connectivity index (χ3n) is 5.05. The van der Waals surface area contributed by atoms with E-state index in [-0.39, 0.29) is 12.5 Å². The smallest absolute Gasteiger partial charge is 0.255 e. The summed E-state index contributed by atoms with van der Waals surface area (Å²) < 4.78 is 10.5. The molecule has 1 aliphatic rings. The van der Waals surface area contributed by atoms with Crippen LogP contribution in [-0.2, 0) is 4.79 Å². The molecule has 1 heterocycles. The number of methoxy groups -OCH3 is 1. The van der Waals surface area contributed by atoms with Crippen molar-refractivity contribution in [2.75, 3.05) is 19.0 Å². The van der Waals surface area contributed by atoms with Crippen LogP contribution in [0.2, 0.25) is 0 Å². The number of hydrogen-bond donors (Lipinski definition) is 3. The number of primary amides is 1. The Morgan fingerprint density at radius 2 is 2.03 bits per heavy atom. The van der Waals surface area contributed by atoms with Crippen molar-refractivity contribution in [3.8, 4) is 11.5 Å². The Morgan fingerprint density at radius 3 is 2.72 bits per heavy atom. The Kier molecular flexibility index (Phi) is 5.07. The molecule has 0 radical (unpaired) electrons. The molecule has 0 atom stereocenters. The van der Waals surface area contributed by atoms with Crippen molar-refractivity contribution < 1.29 is 19.1 Å². The number of hydrogen-bond acceptors (Lipinski definition) is 5. The zero-order valence-electron chi connectivity index (χ0n) is 16.0. The van der Waals surface area contributed by atoms with E-state index in [0.29, 0.717) is 28.7 Å². The number of aromatic nitrogens is 2. The van der Waals surface area contributed by atoms with Crippen LogP contribution in [0.15, 0.2) is 36.4 Å². The van der Waals surface area contributed by atoms with Crippen molar-refractivity contribution in [3.63, 3.8) is 0 Å². The second kappa shape index (κ2) is 7.83. The summed E-state index contributed by atoms with van der Waals surface area (Å²) in [7, 11) is 1.46. The van der Waals surface area contributed by atoms with Crippen LogP contribution in [0.5, 0.6) is 11.5 Å². The highest BCUT2D eigenvalue weighted by Crippen LogP contribution is 2.35. The maximum atomic E-state index is 12.7. The van der Waals surface area contributed by atoms with Gasteiger partial charge in [-0.1, -0.05) is 6.42 Å². The highest BCUT2D eigenvalue weighted by atomic mass is 16.5. The highest BCUT2D eigenvalue weighted by Gasteiger charge is 2.22. The first kappa shape index (κ1) is 18.8. The van der Waals surface area contributed by atoms with Crippen LogP contribution >= 0.6 is 0 Å². The SMILES string of the molecule is COc1cc(C(=O)Nc2ccc3nc(C4CCC4)[nH]c3c2)ccc1OCC(N)=O. The minimum Gasteiger partial charge on any atom is -0.493 e. The minimum absolute atomic E-state index is 0.269. The number of anilines is 1. The van der Waals surface area contributed by atoms with Gasteiger partial charge in [0.15, 0.2) is 18.1 Å². The number of H-pyrrole nitrogens is 1. The van der Waals surface area contributed by atoms with E-state index in [1.807, 2.05) is 18.2 Å². The first-order chi connectivity index (χ1) is 14.0. The number of imidazole rings is 1. The van der Waals surface area contributed by atoms with Gasteiger partial charge in [-0.25, -0.2) is 4.98 Å². The molecule has 1 fully saturated rings. The van der Waals surface area contributed by atoms with Gasteiger partial charge in [-0.15, -0.1) is 0 Å². The van der Waals surface area contributed by atoms with Gasteiger partial charge in [-0.3, -0.25) is 9.59 Å². The van der Waals surface area contributed by atoms with Crippen molar-refractivity contribution >= 4 is 28.5 Å². The predicted molar refractivity (Wildman–Crippen MR) is 108 cm³/mol. The van der Waals surface area contributed by atoms with E-state index in [4.69, 9.17) is 15.2 Å². The number of nitrogens with zero attached hydrogens (tertiary/aromatic N) is 1. The highest BCUT2D eigenvalue weighted by molar-refractivity contribution is 6.05. The quantitative estimate of drug-likeness (QED) is 0.569. The molecule has 4 rings (SSSR count). The van der Waals surface area contributed by atoms with E-state index in [2.05, 4.69) is 15.3 Å². The number of ether oxygens (including phenoxy) is 2. The topological polar surface area (TPSA) is 119 Å². The molecule has 8 heteroatoms. The summed E-state index contributed by atoms with van der Waals surface area (Å²) in [6, 6.07) is 10.3. The summed E-state index contributed by atoms with van der Waals surface area (Å²) in [6.45, 7) is -0.269. The summed E-state index contributed by atoms with van der Waals surface area (Å²) in [5.74, 6) is 1.33. The average Bonchev–Trinajstić information content (AvgIpc) is 3.07. The second-order valence-corrected chi connectivity index (χ2v) is 7.06. The molecule has 0 saturated heterocycles. The first-order valence-corrected chi connectivity index (χ1v) is 9.43. The Morgan fingerprint density at radius 1 is 1.21 bits per heavy atom. The number of nitrogens with one attached hydrogen (secondary N) is 2. The van der Waals surface area contributed by atoms with Gasteiger partial charge >= 0.3 is 0 Å². The molecule has 29 heavy (non-hydrogen) atoms. The van der Waals surface area contributed by atoms with E-state index >= 15 is 0 Å². The third kappa shape index (κ3) is 4.01. The van der Waals surface area contributed by atoms with Crippen molar-refractivity contribution in [2.24, 2.45) is 5.73 Å². The molecule has 3 aromatic rings. The van der Waals surface area contributed by atoms with E-state index in [1.54, 1.807) is 18.2 Å². The van der Waals surface area contributed by atoms with Crippen LogP contribution in [0.1, 0.15) is 41.4 Å². The fourth-order valence-electron chi connectivity index (χ4n) is 3.26. The minimum atomic E-state index is -0.594. The first-order valence-electron chi connectivity index (χ1n) is 9.43. The molecule has 1 saturated carbocycles. The van der Waals surface area contributed by atoms with Crippen LogP contribution in [0.25, 0.3) is 11.0 Å². The second-order valence-electron chi connectivity index (χ2n) is 7.06. The summed E-state index contributed by atoms with van der Waals surface area (Å²) in [5, 5.41) is 2.88. The number of aromatic amines is 1. The summed E-state index contributed by atoms with van der Waals surface area (Å²) >= 11 is 0. The van der Waals surface area contributed by atoms with Gasteiger partial charge in [0.2, 0.25) is 0 Å². The van der Waals surface area contributed by atoms with Crippen LogP contribution < -0.4 is 20.5 Å². The molecule has 1 aromatic heterocycles. The number of carbonyl (C=O) groups excluding carboxylic acids is 2. The predicted octanol–water partition coefficient (Wildman–Crippen LogP) is 2.96. The molecule has 0 bridgehead atoms. The lowest BCUT2D eigenvalue weighted by atomic mass is 9.85. The van der Waals surface area contributed by atoms with E-state index in [9.17, 15) is 9.59 Å². The molecule has 2 aromatic carbocycles. The summed E-state index contributed by atoms with van der Waals surface area (Å²) in [6.07, 6.45) is 3.59. The molecule has 0 unspecified atom stereocenters. The van der Waals surface area contributed by atoms with E-state index in [0.717, 1.165) is 16.9 Å². The molecule has 8 nitrogen and oxygen atoms in total. The Bertz CT molecular complexity index is 1070. The maximum absolute atomic E-state index is 12.7. The van der Waals surface area contributed by atoms with Crippen molar-refractivity contribution in [1.82, 2.24) is 9.97 Å². The number of nitrogens with two attached hydrogens (primary N) is 1. The molecule has 0 aliphatic heterocycles. The zero-order chi connectivity index (χ0) is 20.4. The van der Waals surface area contributed by atoms with Crippen molar-refractivity contribution in [3.05, 3.63) is 47.8 Å². The number of carbonyl (C=O) groups is 2. The third-order valence-corrected chi connectivity index (χ3v) is 5.05. The van der Waals surface area contributed by atoms with E-state index < -0.39 is 5.91 Å². The monoisotopic (exact) mass is 394 g/mol. The largest absolute Gasteiger partial charge is 0.493 e.